The predicted molar refractivity (Wildman–Crippen MR) is 110 cm³/mol. The molecule has 0 spiro atoms. The fourth-order valence-electron chi connectivity index (χ4n) is 2.63. The van der Waals surface area contributed by atoms with Gasteiger partial charge in [-0.15, -0.1) is 0 Å². The molecule has 182 valence electrons. The molecule has 0 radical (unpaired) electrons. The summed E-state index contributed by atoms with van der Waals surface area (Å²) >= 11 is 0. The number of hydrogen-bond acceptors (Lipinski definition) is 10. The van der Waals surface area contributed by atoms with E-state index in [9.17, 15) is 19.5 Å². The van der Waals surface area contributed by atoms with E-state index in [-0.39, 0.29) is 39.6 Å². The molecule has 0 fully saturated rings. The van der Waals surface area contributed by atoms with Gasteiger partial charge < -0.3 is 34.6 Å². The third-order valence-corrected chi connectivity index (χ3v) is 4.42. The van der Waals surface area contributed by atoms with Gasteiger partial charge in [0.05, 0.1) is 32.7 Å². The highest BCUT2D eigenvalue weighted by Gasteiger charge is 2.43. The van der Waals surface area contributed by atoms with E-state index in [2.05, 4.69) is 0 Å². The molecule has 0 aromatic carbocycles. The van der Waals surface area contributed by atoms with Crippen molar-refractivity contribution >= 4 is 17.9 Å². The number of carbonyl (C=O) groups excluding carboxylic acids is 3. The SMILES string of the molecule is O=C(CC(O)(CC(=O)OCCCCCO)C(=O)OCCCCCO)OCCCCCO. The van der Waals surface area contributed by atoms with E-state index in [0.717, 1.165) is 0 Å². The summed E-state index contributed by atoms with van der Waals surface area (Å²) in [4.78, 5) is 36.6. The van der Waals surface area contributed by atoms with Crippen LogP contribution < -0.4 is 0 Å². The Balaban J connectivity index is 4.72. The number of rotatable bonds is 20. The Labute approximate surface area is 183 Å². The first kappa shape index (κ1) is 29.2. The number of unbranched alkanes of at least 4 members (excludes halogenated alkanes) is 6. The zero-order valence-electron chi connectivity index (χ0n) is 18.3. The van der Waals surface area contributed by atoms with E-state index >= 15 is 0 Å². The van der Waals surface area contributed by atoms with Gasteiger partial charge in [-0.25, -0.2) is 4.79 Å². The zero-order chi connectivity index (χ0) is 23.4. The summed E-state index contributed by atoms with van der Waals surface area (Å²) in [7, 11) is 0. The second-order valence-electron chi connectivity index (χ2n) is 7.31. The summed E-state index contributed by atoms with van der Waals surface area (Å²) in [5.74, 6) is -2.80. The lowest BCUT2D eigenvalue weighted by Gasteiger charge is -2.24. The van der Waals surface area contributed by atoms with Crippen LogP contribution >= 0.6 is 0 Å². The Kier molecular flexibility index (Phi) is 17.9. The van der Waals surface area contributed by atoms with Gasteiger partial charge in [-0.2, -0.15) is 0 Å². The highest BCUT2D eigenvalue weighted by Crippen LogP contribution is 2.20. The van der Waals surface area contributed by atoms with Gasteiger partial charge in [-0.3, -0.25) is 9.59 Å². The van der Waals surface area contributed by atoms with Crippen molar-refractivity contribution in [3.05, 3.63) is 0 Å². The third kappa shape index (κ3) is 15.7. The summed E-state index contributed by atoms with van der Waals surface area (Å²) < 4.78 is 15.0. The number of ether oxygens (including phenoxy) is 3. The molecule has 0 atom stereocenters. The van der Waals surface area contributed by atoms with Crippen LogP contribution in [-0.4, -0.2) is 83.6 Å². The predicted octanol–water partition coefficient (Wildman–Crippen LogP) is 0.615. The number of aliphatic hydroxyl groups excluding tert-OH is 3. The maximum absolute atomic E-state index is 12.4. The van der Waals surface area contributed by atoms with Crippen molar-refractivity contribution in [2.75, 3.05) is 39.6 Å². The molecule has 4 N–H and O–H groups in total. The first-order valence-electron chi connectivity index (χ1n) is 10.9. The lowest BCUT2D eigenvalue weighted by molar-refractivity contribution is -0.178. The summed E-state index contributed by atoms with van der Waals surface area (Å²) in [5.41, 5.74) is -2.40. The van der Waals surface area contributed by atoms with Gasteiger partial charge in [0.1, 0.15) is 0 Å². The molecule has 0 bridgehead atoms. The van der Waals surface area contributed by atoms with Crippen molar-refractivity contribution in [1.29, 1.82) is 0 Å². The lowest BCUT2D eigenvalue weighted by atomic mass is 9.95. The zero-order valence-corrected chi connectivity index (χ0v) is 18.3. The van der Waals surface area contributed by atoms with Gasteiger partial charge in [0.2, 0.25) is 0 Å². The van der Waals surface area contributed by atoms with E-state index in [4.69, 9.17) is 29.5 Å². The Hall–Kier alpha value is -1.75. The molecule has 0 unspecified atom stereocenters. The monoisotopic (exact) mass is 450 g/mol. The van der Waals surface area contributed by atoms with Crippen LogP contribution in [0, 0.1) is 0 Å². The molecule has 0 aromatic heterocycles. The smallest absolute Gasteiger partial charge is 0.339 e. The highest BCUT2D eigenvalue weighted by atomic mass is 16.6. The van der Waals surface area contributed by atoms with E-state index in [1.807, 2.05) is 0 Å². The Morgan fingerprint density at radius 3 is 1.26 bits per heavy atom. The normalized spacial score (nSPS) is 11.2. The van der Waals surface area contributed by atoms with Gasteiger partial charge in [0.15, 0.2) is 5.60 Å². The van der Waals surface area contributed by atoms with Gasteiger partial charge in [0, 0.05) is 19.8 Å². The molecule has 0 saturated heterocycles. The topological polar surface area (TPSA) is 160 Å². The van der Waals surface area contributed by atoms with Gasteiger partial charge in [0.25, 0.3) is 0 Å². The van der Waals surface area contributed by atoms with Crippen molar-refractivity contribution in [3.63, 3.8) is 0 Å². The van der Waals surface area contributed by atoms with Crippen LogP contribution in [0.2, 0.25) is 0 Å². The lowest BCUT2D eigenvalue weighted by Crippen LogP contribution is -2.45. The van der Waals surface area contributed by atoms with Crippen LogP contribution in [0.25, 0.3) is 0 Å². The second kappa shape index (κ2) is 19.0. The summed E-state index contributed by atoms with van der Waals surface area (Å²) in [5, 5.41) is 37.0. The van der Waals surface area contributed by atoms with Crippen molar-refractivity contribution in [2.24, 2.45) is 0 Å². The Morgan fingerprint density at radius 1 is 0.548 bits per heavy atom. The van der Waals surface area contributed by atoms with Crippen LogP contribution in [0.3, 0.4) is 0 Å². The molecule has 0 amide bonds. The summed E-state index contributed by atoms with van der Waals surface area (Å²) in [6, 6.07) is 0. The Morgan fingerprint density at radius 2 is 0.903 bits per heavy atom. The maximum Gasteiger partial charge on any atom is 0.339 e. The van der Waals surface area contributed by atoms with Crippen LogP contribution in [-0.2, 0) is 28.6 Å². The van der Waals surface area contributed by atoms with Crippen LogP contribution in [0.1, 0.15) is 70.6 Å². The molecule has 0 saturated carbocycles. The maximum atomic E-state index is 12.4. The molecule has 0 aliphatic rings. The number of aliphatic hydroxyl groups is 4. The molecule has 0 rings (SSSR count). The largest absolute Gasteiger partial charge is 0.466 e. The molecule has 10 nitrogen and oxygen atoms in total. The van der Waals surface area contributed by atoms with Crippen molar-refractivity contribution in [1.82, 2.24) is 0 Å². The molecular formula is C21H38O10. The highest BCUT2D eigenvalue weighted by molar-refractivity contribution is 5.90. The minimum absolute atomic E-state index is 0.0200. The van der Waals surface area contributed by atoms with Gasteiger partial charge in [-0.1, -0.05) is 0 Å². The average molecular weight is 451 g/mol. The first-order valence-corrected chi connectivity index (χ1v) is 10.9. The molecule has 0 aromatic rings. The number of esters is 3. The van der Waals surface area contributed by atoms with Crippen LogP contribution in [0.15, 0.2) is 0 Å². The van der Waals surface area contributed by atoms with Crippen LogP contribution in [0.5, 0.6) is 0 Å². The summed E-state index contributed by atoms with van der Waals surface area (Å²) in [6.45, 7) is 0.223. The van der Waals surface area contributed by atoms with Gasteiger partial charge >= 0.3 is 17.9 Å². The fourth-order valence-corrected chi connectivity index (χ4v) is 2.63. The molecule has 31 heavy (non-hydrogen) atoms. The quantitative estimate of drug-likeness (QED) is 0.118. The fraction of sp³-hybridized carbons (Fsp3) is 0.857. The summed E-state index contributed by atoms with van der Waals surface area (Å²) in [6.07, 6.45) is 3.66. The van der Waals surface area contributed by atoms with Crippen molar-refractivity contribution in [3.8, 4) is 0 Å². The third-order valence-electron chi connectivity index (χ3n) is 4.42. The second-order valence-corrected chi connectivity index (χ2v) is 7.31. The average Bonchev–Trinajstić information content (AvgIpc) is 2.73. The molecule has 0 heterocycles. The molecule has 10 heteroatoms. The van der Waals surface area contributed by atoms with Gasteiger partial charge in [-0.05, 0) is 57.8 Å². The van der Waals surface area contributed by atoms with Crippen molar-refractivity contribution in [2.45, 2.75) is 76.2 Å². The van der Waals surface area contributed by atoms with E-state index < -0.39 is 36.4 Å². The van der Waals surface area contributed by atoms with E-state index in [1.54, 1.807) is 0 Å². The minimum atomic E-state index is -2.40. The van der Waals surface area contributed by atoms with Crippen molar-refractivity contribution < 1.29 is 49.0 Å². The number of hydrogen-bond donors (Lipinski definition) is 4. The first-order chi connectivity index (χ1) is 14.9. The van der Waals surface area contributed by atoms with E-state index in [1.165, 1.54) is 0 Å². The number of carbonyl (C=O) groups is 3. The molecular weight excluding hydrogens is 412 g/mol. The molecule has 0 aliphatic carbocycles. The van der Waals surface area contributed by atoms with E-state index in [0.29, 0.717) is 57.8 Å². The van der Waals surface area contributed by atoms with Crippen LogP contribution in [0.4, 0.5) is 0 Å². The minimum Gasteiger partial charge on any atom is -0.466 e. The Bertz CT molecular complexity index is 467. The standard InChI is InChI=1S/C21H38O10/c22-10-4-1-7-13-29-18(25)16-21(28,20(27)31-15-9-3-6-12-24)17-19(26)30-14-8-2-5-11-23/h22-24,28H,1-17H2. The molecule has 0 aliphatic heterocycles.